The Morgan fingerprint density at radius 2 is 2.00 bits per heavy atom. The van der Waals surface area contributed by atoms with Crippen molar-refractivity contribution < 1.29 is 9.90 Å². The predicted octanol–water partition coefficient (Wildman–Crippen LogP) is 3.60. The van der Waals surface area contributed by atoms with Crippen molar-refractivity contribution in [2.75, 3.05) is 5.73 Å². The topological polar surface area (TPSA) is 63.3 Å². The second-order valence-electron chi connectivity index (χ2n) is 4.09. The fraction of sp³-hybridized carbons (Fsp3) is 0.0714. The number of carboxylic acid groups (broad SMARTS) is 1. The summed E-state index contributed by atoms with van der Waals surface area (Å²) in [7, 11) is 0. The molecule has 0 atom stereocenters. The maximum atomic E-state index is 11.1. The Kier molecular flexibility index (Phi) is 3.26. The average molecular weight is 262 g/mol. The molecule has 2 aromatic carbocycles. The quantitative estimate of drug-likeness (QED) is 0.812. The van der Waals surface area contributed by atoms with E-state index in [0.29, 0.717) is 10.6 Å². The van der Waals surface area contributed by atoms with Gasteiger partial charge in [-0.25, -0.2) is 4.79 Å². The molecule has 0 unspecified atom stereocenters. The van der Waals surface area contributed by atoms with Crippen LogP contribution in [0.2, 0.25) is 5.02 Å². The Labute approximate surface area is 110 Å². The molecular formula is C14H12ClNO2. The van der Waals surface area contributed by atoms with Crippen molar-refractivity contribution in [2.45, 2.75) is 6.92 Å². The number of carboxylic acids is 1. The molecule has 0 saturated carbocycles. The van der Waals surface area contributed by atoms with Crippen molar-refractivity contribution >= 4 is 23.3 Å². The van der Waals surface area contributed by atoms with E-state index in [4.69, 9.17) is 22.4 Å². The van der Waals surface area contributed by atoms with Crippen molar-refractivity contribution in [3.8, 4) is 11.1 Å². The third kappa shape index (κ3) is 2.31. The van der Waals surface area contributed by atoms with Crippen molar-refractivity contribution in [3.05, 3.63) is 52.5 Å². The first-order valence-electron chi connectivity index (χ1n) is 5.38. The van der Waals surface area contributed by atoms with Gasteiger partial charge in [0.15, 0.2) is 0 Å². The standard InChI is InChI=1S/C14H12ClNO2/c1-8-3-2-4-9(5-8)11-6-10(15)7-12(13(11)16)14(17)18/h2-7H,16H2,1H3,(H,17,18). The van der Waals surface area contributed by atoms with Crippen LogP contribution in [0.4, 0.5) is 5.69 Å². The predicted molar refractivity (Wildman–Crippen MR) is 73.0 cm³/mol. The summed E-state index contributed by atoms with van der Waals surface area (Å²) >= 11 is 5.94. The average Bonchev–Trinajstić information content (AvgIpc) is 2.31. The van der Waals surface area contributed by atoms with Crippen molar-refractivity contribution in [2.24, 2.45) is 0 Å². The van der Waals surface area contributed by atoms with Gasteiger partial charge in [-0.2, -0.15) is 0 Å². The lowest BCUT2D eigenvalue weighted by molar-refractivity contribution is 0.0698. The number of benzene rings is 2. The van der Waals surface area contributed by atoms with Gasteiger partial charge < -0.3 is 10.8 Å². The third-order valence-corrected chi connectivity index (χ3v) is 2.92. The van der Waals surface area contributed by atoms with E-state index < -0.39 is 5.97 Å². The fourth-order valence-corrected chi connectivity index (χ4v) is 2.06. The van der Waals surface area contributed by atoms with Gasteiger partial charge in [-0.05, 0) is 24.6 Å². The van der Waals surface area contributed by atoms with Crippen LogP contribution in [0, 0.1) is 6.92 Å². The summed E-state index contributed by atoms with van der Waals surface area (Å²) in [6, 6.07) is 10.7. The van der Waals surface area contributed by atoms with E-state index in [-0.39, 0.29) is 11.3 Å². The van der Waals surface area contributed by atoms with E-state index in [9.17, 15) is 4.79 Å². The largest absolute Gasteiger partial charge is 0.478 e. The zero-order valence-electron chi connectivity index (χ0n) is 9.77. The van der Waals surface area contributed by atoms with Crippen LogP contribution in [0.15, 0.2) is 36.4 Å². The normalized spacial score (nSPS) is 10.3. The van der Waals surface area contributed by atoms with Gasteiger partial charge in [0, 0.05) is 10.6 Å². The first kappa shape index (κ1) is 12.5. The van der Waals surface area contributed by atoms with Crippen LogP contribution in [-0.4, -0.2) is 11.1 Å². The second-order valence-corrected chi connectivity index (χ2v) is 4.53. The summed E-state index contributed by atoms with van der Waals surface area (Å²) < 4.78 is 0. The van der Waals surface area contributed by atoms with Crippen molar-refractivity contribution in [1.29, 1.82) is 0 Å². The lowest BCUT2D eigenvalue weighted by atomic mass is 9.99. The molecule has 0 fully saturated rings. The van der Waals surface area contributed by atoms with Crippen molar-refractivity contribution in [1.82, 2.24) is 0 Å². The number of carbonyl (C=O) groups is 1. The molecule has 2 rings (SSSR count). The molecule has 0 aliphatic rings. The molecule has 0 radical (unpaired) electrons. The third-order valence-electron chi connectivity index (χ3n) is 2.70. The molecule has 0 amide bonds. The van der Waals surface area contributed by atoms with Crippen LogP contribution >= 0.6 is 11.6 Å². The van der Waals surface area contributed by atoms with Crippen LogP contribution in [0.3, 0.4) is 0 Å². The zero-order chi connectivity index (χ0) is 13.3. The Hall–Kier alpha value is -2.00. The van der Waals surface area contributed by atoms with Crippen LogP contribution in [0.5, 0.6) is 0 Å². The van der Waals surface area contributed by atoms with Gasteiger partial charge in [-0.1, -0.05) is 41.4 Å². The maximum absolute atomic E-state index is 11.1. The summed E-state index contributed by atoms with van der Waals surface area (Å²) in [4.78, 5) is 11.1. The summed E-state index contributed by atoms with van der Waals surface area (Å²) in [5, 5.41) is 9.44. The van der Waals surface area contributed by atoms with Gasteiger partial charge in [-0.15, -0.1) is 0 Å². The van der Waals surface area contributed by atoms with Gasteiger partial charge >= 0.3 is 5.97 Å². The number of aromatic carboxylic acids is 1. The maximum Gasteiger partial charge on any atom is 0.337 e. The lowest BCUT2D eigenvalue weighted by Crippen LogP contribution is -2.04. The highest BCUT2D eigenvalue weighted by molar-refractivity contribution is 6.31. The van der Waals surface area contributed by atoms with E-state index in [1.807, 2.05) is 31.2 Å². The molecule has 0 aromatic heterocycles. The smallest absolute Gasteiger partial charge is 0.337 e. The molecule has 0 saturated heterocycles. The van der Waals surface area contributed by atoms with Gasteiger partial charge in [0.05, 0.1) is 11.3 Å². The molecule has 0 aliphatic heterocycles. The number of rotatable bonds is 2. The molecule has 0 bridgehead atoms. The van der Waals surface area contributed by atoms with Gasteiger partial charge in [0.1, 0.15) is 0 Å². The summed E-state index contributed by atoms with van der Waals surface area (Å²) in [5.41, 5.74) is 8.73. The zero-order valence-corrected chi connectivity index (χ0v) is 10.5. The number of hydrogen-bond donors (Lipinski definition) is 2. The molecule has 3 nitrogen and oxygen atoms in total. The highest BCUT2D eigenvalue weighted by Gasteiger charge is 2.14. The fourth-order valence-electron chi connectivity index (χ4n) is 1.85. The monoisotopic (exact) mass is 261 g/mol. The van der Waals surface area contributed by atoms with Crippen LogP contribution < -0.4 is 5.73 Å². The highest BCUT2D eigenvalue weighted by atomic mass is 35.5. The number of aryl methyl sites for hydroxylation is 1. The van der Waals surface area contributed by atoms with Crippen LogP contribution in [-0.2, 0) is 0 Å². The lowest BCUT2D eigenvalue weighted by Gasteiger charge is -2.10. The molecular weight excluding hydrogens is 250 g/mol. The van der Waals surface area contributed by atoms with Gasteiger partial charge in [-0.3, -0.25) is 0 Å². The summed E-state index contributed by atoms with van der Waals surface area (Å²) in [6.07, 6.45) is 0. The Balaban J connectivity index is 2.68. The minimum absolute atomic E-state index is 0.0269. The Morgan fingerprint density at radius 3 is 2.61 bits per heavy atom. The van der Waals surface area contributed by atoms with E-state index in [1.165, 1.54) is 6.07 Å². The second kappa shape index (κ2) is 4.70. The summed E-state index contributed by atoms with van der Waals surface area (Å²) in [5.74, 6) is -1.08. The van der Waals surface area contributed by atoms with Gasteiger partial charge in [0.25, 0.3) is 0 Å². The number of anilines is 1. The number of nitrogens with two attached hydrogens (primary N) is 1. The number of hydrogen-bond acceptors (Lipinski definition) is 2. The van der Waals surface area contributed by atoms with E-state index in [1.54, 1.807) is 6.07 Å². The molecule has 0 aliphatic carbocycles. The highest BCUT2D eigenvalue weighted by Crippen LogP contribution is 2.32. The first-order chi connectivity index (χ1) is 8.49. The molecule has 0 heterocycles. The first-order valence-corrected chi connectivity index (χ1v) is 5.76. The number of halogens is 1. The SMILES string of the molecule is Cc1cccc(-c2cc(Cl)cc(C(=O)O)c2N)c1. The van der Waals surface area contributed by atoms with Gasteiger partial charge in [0.2, 0.25) is 0 Å². The molecule has 4 heteroatoms. The Morgan fingerprint density at radius 1 is 1.28 bits per heavy atom. The molecule has 2 aromatic rings. The summed E-state index contributed by atoms with van der Waals surface area (Å²) in [6.45, 7) is 1.96. The van der Waals surface area contributed by atoms with E-state index >= 15 is 0 Å². The minimum atomic E-state index is -1.08. The molecule has 0 spiro atoms. The Bertz CT molecular complexity index is 623. The van der Waals surface area contributed by atoms with Crippen molar-refractivity contribution in [3.63, 3.8) is 0 Å². The molecule has 92 valence electrons. The van der Waals surface area contributed by atoms with Crippen LogP contribution in [0.1, 0.15) is 15.9 Å². The van der Waals surface area contributed by atoms with E-state index in [0.717, 1.165) is 11.1 Å². The van der Waals surface area contributed by atoms with Crippen LogP contribution in [0.25, 0.3) is 11.1 Å². The molecule has 3 N–H and O–H groups in total. The number of nitrogen functional groups attached to an aromatic ring is 1. The van der Waals surface area contributed by atoms with E-state index in [2.05, 4.69) is 0 Å². The molecule has 18 heavy (non-hydrogen) atoms. The minimum Gasteiger partial charge on any atom is -0.478 e.